The molecule has 2 aromatic rings. The third-order valence-corrected chi connectivity index (χ3v) is 5.99. The molecule has 29 heavy (non-hydrogen) atoms. The average molecular weight is 440 g/mol. The normalized spacial score (nSPS) is 21.3. The van der Waals surface area contributed by atoms with Gasteiger partial charge in [0.15, 0.2) is 0 Å². The van der Waals surface area contributed by atoms with Gasteiger partial charge < -0.3 is 10.7 Å². The van der Waals surface area contributed by atoms with Gasteiger partial charge in [0.1, 0.15) is 11.6 Å². The number of piperidine rings is 1. The molecule has 1 aliphatic heterocycles. The number of nitrogens with one attached hydrogen (secondary N) is 1. The summed E-state index contributed by atoms with van der Waals surface area (Å²) in [7, 11) is 0. The van der Waals surface area contributed by atoms with Crippen LogP contribution in [0.3, 0.4) is 0 Å². The predicted molar refractivity (Wildman–Crippen MR) is 121 cm³/mol. The van der Waals surface area contributed by atoms with Crippen LogP contribution in [0.25, 0.3) is 0 Å². The Morgan fingerprint density at radius 3 is 2.72 bits per heavy atom. The Morgan fingerprint density at radius 1 is 1.28 bits per heavy atom. The first-order valence-corrected chi connectivity index (χ1v) is 9.84. The number of likely N-dealkylation sites (tertiary alicyclic amines) is 1. The lowest BCUT2D eigenvalue weighted by Gasteiger charge is -2.40. The van der Waals surface area contributed by atoms with Crippen molar-refractivity contribution < 1.29 is 0 Å². The Bertz CT molecular complexity index is 924. The van der Waals surface area contributed by atoms with Crippen LogP contribution in [0, 0.1) is 0 Å². The summed E-state index contributed by atoms with van der Waals surface area (Å²) >= 11 is 0. The lowest BCUT2D eigenvalue weighted by molar-refractivity contribution is 0.136. The molecule has 1 fully saturated rings. The summed E-state index contributed by atoms with van der Waals surface area (Å²) in [4.78, 5) is 27.3. The van der Waals surface area contributed by atoms with Crippen LogP contribution in [0.5, 0.6) is 0 Å². The largest absolute Gasteiger partial charge is 0.384 e. The fraction of sp³-hybridized carbons (Fsp3) is 0.571. The number of nitrogens with zero attached hydrogens (tertiary/aromatic N) is 3. The third kappa shape index (κ3) is 4.60. The molecule has 8 heteroatoms. The van der Waals surface area contributed by atoms with Crippen molar-refractivity contribution in [3.05, 3.63) is 51.3 Å². The molecule has 1 spiro atoms. The molecule has 6 nitrogen and oxygen atoms in total. The van der Waals surface area contributed by atoms with Gasteiger partial charge in [0.05, 0.1) is 5.69 Å². The second-order valence-corrected chi connectivity index (χ2v) is 9.18. The molecule has 3 heterocycles. The maximum Gasteiger partial charge on any atom is 0.254 e. The first-order valence-electron chi connectivity index (χ1n) is 9.84. The predicted octanol–water partition coefficient (Wildman–Crippen LogP) is 3.37. The van der Waals surface area contributed by atoms with E-state index in [2.05, 4.69) is 35.6 Å². The first kappa shape index (κ1) is 23.6. The lowest BCUT2D eigenvalue weighted by Crippen LogP contribution is -2.45. The molecular weight excluding hydrogens is 409 g/mol. The van der Waals surface area contributed by atoms with E-state index < -0.39 is 0 Å². The van der Waals surface area contributed by atoms with E-state index in [-0.39, 0.29) is 41.2 Å². The highest BCUT2D eigenvalue weighted by Crippen LogP contribution is 2.43. The van der Waals surface area contributed by atoms with E-state index in [1.54, 1.807) is 6.20 Å². The Morgan fingerprint density at radius 2 is 2.03 bits per heavy atom. The van der Waals surface area contributed by atoms with Crippen molar-refractivity contribution in [1.82, 2.24) is 19.9 Å². The summed E-state index contributed by atoms with van der Waals surface area (Å²) in [6.45, 7) is 9.16. The number of aromatic amines is 1. The van der Waals surface area contributed by atoms with Crippen molar-refractivity contribution in [3.63, 3.8) is 0 Å². The van der Waals surface area contributed by atoms with E-state index in [0.717, 1.165) is 62.4 Å². The molecule has 4 rings (SSSR count). The molecular formula is C21H31Cl2N5O. The number of hydrogen-bond donors (Lipinski definition) is 2. The monoisotopic (exact) mass is 439 g/mol. The summed E-state index contributed by atoms with van der Waals surface area (Å²) in [5.41, 5.74) is 8.87. The standard InChI is InChI=1S/C21H29N5O.2ClH/c1-20(2,3)19-24-17-15(18(27)25-19)5-8-21(17)7-4-10-26(13-21)12-14-6-9-23-16(22)11-14;;/h6,9,11H,4-5,7-8,10,12-13H2,1-3H3,(H2,22,23)(H,24,25,27);2*1H. The zero-order valence-corrected chi connectivity index (χ0v) is 19.0. The molecule has 2 aromatic heterocycles. The van der Waals surface area contributed by atoms with Crippen molar-refractivity contribution in [3.8, 4) is 0 Å². The third-order valence-electron chi connectivity index (χ3n) is 5.99. The fourth-order valence-corrected chi connectivity index (χ4v) is 4.62. The number of rotatable bonds is 2. The van der Waals surface area contributed by atoms with E-state index in [1.807, 2.05) is 12.1 Å². The average Bonchev–Trinajstić information content (AvgIpc) is 2.93. The molecule has 1 aliphatic carbocycles. The van der Waals surface area contributed by atoms with Gasteiger partial charge in [-0.2, -0.15) is 0 Å². The summed E-state index contributed by atoms with van der Waals surface area (Å²) in [5.74, 6) is 1.36. The summed E-state index contributed by atoms with van der Waals surface area (Å²) in [5, 5.41) is 0. The van der Waals surface area contributed by atoms with Crippen molar-refractivity contribution in [2.75, 3.05) is 18.8 Å². The second-order valence-electron chi connectivity index (χ2n) is 9.18. The van der Waals surface area contributed by atoms with Gasteiger partial charge in [-0.05, 0) is 49.9 Å². The van der Waals surface area contributed by atoms with Gasteiger partial charge in [0.2, 0.25) is 0 Å². The highest BCUT2D eigenvalue weighted by Gasteiger charge is 2.45. The number of fused-ring (bicyclic) bond motifs is 2. The van der Waals surface area contributed by atoms with Crippen LogP contribution < -0.4 is 11.3 Å². The van der Waals surface area contributed by atoms with Crippen molar-refractivity contribution >= 4 is 30.6 Å². The lowest BCUT2D eigenvalue weighted by atomic mass is 9.77. The number of nitrogens with two attached hydrogens (primary N) is 1. The molecule has 2 aliphatic rings. The van der Waals surface area contributed by atoms with Gasteiger partial charge in [-0.25, -0.2) is 9.97 Å². The Hall–Kier alpha value is -1.63. The SMILES string of the molecule is CC(C)(C)c1nc2c(c(=O)[nH]1)CCC21CCCN(Cc2ccnc(N)c2)C1.Cl.Cl. The minimum atomic E-state index is -0.166. The minimum absolute atomic E-state index is 0. The summed E-state index contributed by atoms with van der Waals surface area (Å²) in [6.07, 6.45) is 5.85. The van der Waals surface area contributed by atoms with Crippen LogP contribution in [-0.4, -0.2) is 32.9 Å². The molecule has 0 bridgehead atoms. The zero-order valence-electron chi connectivity index (χ0n) is 17.3. The molecule has 0 aromatic carbocycles. The zero-order chi connectivity index (χ0) is 19.2. The van der Waals surface area contributed by atoms with E-state index in [0.29, 0.717) is 5.82 Å². The van der Waals surface area contributed by atoms with Gasteiger partial charge in [0, 0.05) is 35.7 Å². The number of anilines is 1. The minimum Gasteiger partial charge on any atom is -0.384 e. The van der Waals surface area contributed by atoms with Crippen LogP contribution in [0.15, 0.2) is 23.1 Å². The van der Waals surface area contributed by atoms with Gasteiger partial charge in [-0.1, -0.05) is 20.8 Å². The van der Waals surface area contributed by atoms with Gasteiger partial charge in [-0.15, -0.1) is 24.8 Å². The number of aromatic nitrogens is 3. The number of hydrogen-bond acceptors (Lipinski definition) is 5. The molecule has 0 saturated carbocycles. The van der Waals surface area contributed by atoms with Crippen LogP contribution in [-0.2, 0) is 23.8 Å². The number of nitrogen functional groups attached to an aromatic ring is 1. The maximum atomic E-state index is 12.7. The quantitative estimate of drug-likeness (QED) is 0.748. The van der Waals surface area contributed by atoms with Crippen LogP contribution in [0.4, 0.5) is 5.82 Å². The molecule has 0 radical (unpaired) electrons. The van der Waals surface area contributed by atoms with Crippen LogP contribution in [0.1, 0.15) is 62.7 Å². The van der Waals surface area contributed by atoms with E-state index >= 15 is 0 Å². The van der Waals surface area contributed by atoms with Crippen LogP contribution in [0.2, 0.25) is 0 Å². The van der Waals surface area contributed by atoms with Gasteiger partial charge >= 0.3 is 0 Å². The molecule has 160 valence electrons. The first-order chi connectivity index (χ1) is 12.8. The molecule has 1 saturated heterocycles. The highest BCUT2D eigenvalue weighted by molar-refractivity contribution is 5.85. The number of pyridine rings is 1. The molecule has 0 amide bonds. The van der Waals surface area contributed by atoms with Crippen molar-refractivity contribution in [1.29, 1.82) is 0 Å². The Labute approximate surface area is 184 Å². The van der Waals surface area contributed by atoms with Gasteiger partial charge in [-0.3, -0.25) is 9.69 Å². The molecule has 3 N–H and O–H groups in total. The smallest absolute Gasteiger partial charge is 0.254 e. The van der Waals surface area contributed by atoms with Crippen molar-refractivity contribution in [2.24, 2.45) is 0 Å². The summed E-state index contributed by atoms with van der Waals surface area (Å²) in [6, 6.07) is 3.98. The van der Waals surface area contributed by atoms with E-state index in [4.69, 9.17) is 10.7 Å². The number of H-pyrrole nitrogens is 1. The topological polar surface area (TPSA) is 87.9 Å². The van der Waals surface area contributed by atoms with Gasteiger partial charge in [0.25, 0.3) is 5.56 Å². The number of halogens is 2. The van der Waals surface area contributed by atoms with E-state index in [1.165, 1.54) is 5.56 Å². The molecule has 1 unspecified atom stereocenters. The highest BCUT2D eigenvalue weighted by atomic mass is 35.5. The maximum absolute atomic E-state index is 12.7. The molecule has 1 atom stereocenters. The van der Waals surface area contributed by atoms with Crippen LogP contribution >= 0.6 is 24.8 Å². The van der Waals surface area contributed by atoms with E-state index in [9.17, 15) is 4.79 Å². The Kier molecular flexibility index (Phi) is 7.03. The fourth-order valence-electron chi connectivity index (χ4n) is 4.62. The second kappa shape index (κ2) is 8.62. The Balaban J connectivity index is 0.00000150. The summed E-state index contributed by atoms with van der Waals surface area (Å²) < 4.78 is 0. The van der Waals surface area contributed by atoms with Crippen molar-refractivity contribution in [2.45, 2.75) is 63.8 Å².